The summed E-state index contributed by atoms with van der Waals surface area (Å²) in [6.45, 7) is 5.92. The van der Waals surface area contributed by atoms with E-state index in [0.29, 0.717) is 0 Å². The molecule has 16 heavy (non-hydrogen) atoms. The molecule has 4 atom stereocenters. The van der Waals surface area contributed by atoms with Crippen molar-refractivity contribution in [2.45, 2.75) is 39.7 Å². The van der Waals surface area contributed by atoms with Gasteiger partial charge in [0.15, 0.2) is 0 Å². The van der Waals surface area contributed by atoms with Crippen LogP contribution in [0.1, 0.15) is 34.1 Å². The van der Waals surface area contributed by atoms with Gasteiger partial charge < -0.3 is 5.11 Å². The highest BCUT2D eigenvalue weighted by Gasteiger charge is 2.51. The fourth-order valence-electron chi connectivity index (χ4n) is 3.03. The maximum Gasteiger partial charge on any atom is 0.146 e. The minimum absolute atomic E-state index is 0.119. The number of carbonyl (C=O) groups excluding carboxylic acids is 3. The molecule has 1 saturated carbocycles. The van der Waals surface area contributed by atoms with Crippen molar-refractivity contribution in [3.8, 4) is 0 Å². The van der Waals surface area contributed by atoms with Crippen molar-refractivity contribution in [2.75, 3.05) is 0 Å². The number of hydrogen-bond acceptors (Lipinski definition) is 4. The highest BCUT2D eigenvalue weighted by molar-refractivity contribution is 6.03. The lowest BCUT2D eigenvalue weighted by Gasteiger charge is -2.42. The molecule has 0 saturated heterocycles. The van der Waals surface area contributed by atoms with E-state index < -0.39 is 23.4 Å². The Morgan fingerprint density at radius 1 is 1.31 bits per heavy atom. The standard InChI is InChI=1S/C12H18O4/c1-6-10(7(2)13)9(15)5-12(4,16)11(6)8(3)14/h6,10-11,16H,5H2,1-4H3/t6-,10+,11+,12-/m0/s1. The first kappa shape index (κ1) is 13.0. The van der Waals surface area contributed by atoms with Gasteiger partial charge in [0.05, 0.1) is 11.5 Å². The lowest BCUT2D eigenvalue weighted by Crippen LogP contribution is -2.54. The Morgan fingerprint density at radius 2 is 1.81 bits per heavy atom. The quantitative estimate of drug-likeness (QED) is 0.705. The van der Waals surface area contributed by atoms with E-state index in [1.807, 2.05) is 0 Å². The molecule has 0 aromatic rings. The van der Waals surface area contributed by atoms with Crippen LogP contribution in [0.3, 0.4) is 0 Å². The molecule has 1 aliphatic rings. The molecule has 0 heterocycles. The summed E-state index contributed by atoms with van der Waals surface area (Å²) in [6, 6.07) is 0. The van der Waals surface area contributed by atoms with Gasteiger partial charge in [0, 0.05) is 12.3 Å². The number of carbonyl (C=O) groups is 3. The maximum absolute atomic E-state index is 11.7. The minimum atomic E-state index is -1.33. The van der Waals surface area contributed by atoms with E-state index in [0.717, 1.165) is 0 Å². The van der Waals surface area contributed by atoms with Crippen LogP contribution in [0, 0.1) is 17.8 Å². The van der Waals surface area contributed by atoms with E-state index in [-0.39, 0.29) is 23.8 Å². The number of Topliss-reactive ketones (excluding diaryl/α,β-unsaturated/α-hetero) is 3. The van der Waals surface area contributed by atoms with Gasteiger partial charge in [-0.2, -0.15) is 0 Å². The Labute approximate surface area is 95.0 Å². The van der Waals surface area contributed by atoms with Crippen LogP contribution in [0.25, 0.3) is 0 Å². The molecule has 4 heteroatoms. The summed E-state index contributed by atoms with van der Waals surface area (Å²) in [7, 11) is 0. The fourth-order valence-corrected chi connectivity index (χ4v) is 3.03. The third-order valence-corrected chi connectivity index (χ3v) is 3.48. The van der Waals surface area contributed by atoms with E-state index in [2.05, 4.69) is 0 Å². The second kappa shape index (κ2) is 4.09. The van der Waals surface area contributed by atoms with E-state index in [1.165, 1.54) is 20.8 Å². The summed E-state index contributed by atoms with van der Waals surface area (Å²) in [4.78, 5) is 34.6. The molecule has 1 aliphatic carbocycles. The Bertz CT molecular complexity index is 343. The molecular weight excluding hydrogens is 208 g/mol. The van der Waals surface area contributed by atoms with Gasteiger partial charge in [-0.3, -0.25) is 14.4 Å². The van der Waals surface area contributed by atoms with Crippen molar-refractivity contribution in [3.63, 3.8) is 0 Å². The van der Waals surface area contributed by atoms with Gasteiger partial charge in [-0.25, -0.2) is 0 Å². The van der Waals surface area contributed by atoms with Gasteiger partial charge in [-0.1, -0.05) is 6.92 Å². The topological polar surface area (TPSA) is 71.4 Å². The number of hydrogen-bond donors (Lipinski definition) is 1. The first-order valence-corrected chi connectivity index (χ1v) is 5.44. The first-order valence-electron chi connectivity index (χ1n) is 5.44. The van der Waals surface area contributed by atoms with Crippen LogP contribution in [-0.4, -0.2) is 28.1 Å². The molecule has 0 unspecified atom stereocenters. The Morgan fingerprint density at radius 3 is 2.19 bits per heavy atom. The van der Waals surface area contributed by atoms with Gasteiger partial charge in [0.1, 0.15) is 17.3 Å². The predicted molar refractivity (Wildman–Crippen MR) is 57.8 cm³/mol. The van der Waals surface area contributed by atoms with E-state index in [9.17, 15) is 19.5 Å². The number of rotatable bonds is 2. The zero-order chi connectivity index (χ0) is 12.7. The lowest BCUT2D eigenvalue weighted by atomic mass is 9.62. The second-order valence-electron chi connectivity index (χ2n) is 5.04. The van der Waals surface area contributed by atoms with Crippen LogP contribution < -0.4 is 0 Å². The molecule has 0 aliphatic heterocycles. The van der Waals surface area contributed by atoms with Crippen molar-refractivity contribution >= 4 is 17.3 Å². The van der Waals surface area contributed by atoms with Gasteiger partial charge in [-0.05, 0) is 26.7 Å². The van der Waals surface area contributed by atoms with Crippen LogP contribution in [-0.2, 0) is 14.4 Å². The van der Waals surface area contributed by atoms with Crippen molar-refractivity contribution in [2.24, 2.45) is 17.8 Å². The molecule has 1 N–H and O–H groups in total. The molecule has 1 fully saturated rings. The average Bonchev–Trinajstić information content (AvgIpc) is 1.97. The van der Waals surface area contributed by atoms with E-state index in [1.54, 1.807) is 6.92 Å². The normalized spacial score (nSPS) is 39.6. The van der Waals surface area contributed by atoms with Crippen molar-refractivity contribution in [3.05, 3.63) is 0 Å². The minimum Gasteiger partial charge on any atom is -0.389 e. The van der Waals surface area contributed by atoms with Crippen molar-refractivity contribution in [1.29, 1.82) is 0 Å². The van der Waals surface area contributed by atoms with Crippen molar-refractivity contribution < 1.29 is 19.5 Å². The summed E-state index contributed by atoms with van der Waals surface area (Å²) in [5, 5.41) is 10.1. The monoisotopic (exact) mass is 226 g/mol. The third kappa shape index (κ3) is 2.07. The average molecular weight is 226 g/mol. The lowest BCUT2D eigenvalue weighted by molar-refractivity contribution is -0.155. The molecule has 0 radical (unpaired) electrons. The Hall–Kier alpha value is -1.03. The van der Waals surface area contributed by atoms with Crippen LogP contribution in [0.2, 0.25) is 0 Å². The predicted octanol–water partition coefficient (Wildman–Crippen LogP) is 0.757. The van der Waals surface area contributed by atoms with Crippen LogP contribution in [0.5, 0.6) is 0 Å². The Balaban J connectivity index is 3.13. The molecule has 90 valence electrons. The second-order valence-corrected chi connectivity index (χ2v) is 5.04. The summed E-state index contributed by atoms with van der Waals surface area (Å²) < 4.78 is 0. The SMILES string of the molecule is CC(=O)[C@@H]1C(=O)C[C@](C)(O)[C@@H](C(C)=O)[C@H]1C. The summed E-state index contributed by atoms with van der Waals surface area (Å²) in [6.07, 6.45) is -0.119. The van der Waals surface area contributed by atoms with Gasteiger partial charge >= 0.3 is 0 Å². The molecule has 4 nitrogen and oxygen atoms in total. The van der Waals surface area contributed by atoms with Crippen LogP contribution in [0.15, 0.2) is 0 Å². The number of ketones is 3. The third-order valence-electron chi connectivity index (χ3n) is 3.48. The van der Waals surface area contributed by atoms with Gasteiger partial charge in [0.2, 0.25) is 0 Å². The molecule has 0 aromatic heterocycles. The zero-order valence-electron chi connectivity index (χ0n) is 10.1. The fraction of sp³-hybridized carbons (Fsp3) is 0.750. The van der Waals surface area contributed by atoms with Gasteiger partial charge in [0.25, 0.3) is 0 Å². The molecule has 1 rings (SSSR count). The highest BCUT2D eigenvalue weighted by Crippen LogP contribution is 2.40. The molecule has 0 bridgehead atoms. The van der Waals surface area contributed by atoms with Crippen molar-refractivity contribution in [1.82, 2.24) is 0 Å². The molecule has 0 aromatic carbocycles. The largest absolute Gasteiger partial charge is 0.389 e. The molecule has 0 spiro atoms. The van der Waals surface area contributed by atoms with Crippen LogP contribution in [0.4, 0.5) is 0 Å². The van der Waals surface area contributed by atoms with Crippen LogP contribution >= 0.6 is 0 Å². The molecule has 0 amide bonds. The van der Waals surface area contributed by atoms with E-state index in [4.69, 9.17) is 0 Å². The maximum atomic E-state index is 11.7. The number of aliphatic hydroxyl groups is 1. The summed E-state index contributed by atoms with van der Waals surface area (Å²) >= 11 is 0. The summed E-state index contributed by atoms with van der Waals surface area (Å²) in [5.41, 5.74) is -1.33. The highest BCUT2D eigenvalue weighted by atomic mass is 16.3. The summed E-state index contributed by atoms with van der Waals surface area (Å²) in [5.74, 6) is -2.46. The first-order chi connectivity index (χ1) is 7.18. The smallest absolute Gasteiger partial charge is 0.146 e. The van der Waals surface area contributed by atoms with Gasteiger partial charge in [-0.15, -0.1) is 0 Å². The van der Waals surface area contributed by atoms with E-state index >= 15 is 0 Å². The molecular formula is C12H18O4. The zero-order valence-corrected chi connectivity index (χ0v) is 10.1. The Kier molecular flexibility index (Phi) is 3.33.